The van der Waals surface area contributed by atoms with E-state index >= 15 is 0 Å². The maximum absolute atomic E-state index is 13.3. The number of nitrogens with one attached hydrogen (secondary N) is 2. The molecule has 142 valence electrons. The summed E-state index contributed by atoms with van der Waals surface area (Å²) >= 11 is 1.91. The lowest BCUT2D eigenvalue weighted by molar-refractivity contribution is 0.0941. The maximum Gasteiger partial charge on any atom is 0.256 e. The van der Waals surface area contributed by atoms with Gasteiger partial charge in [0.25, 0.3) is 11.8 Å². The van der Waals surface area contributed by atoms with Crippen LogP contribution < -0.4 is 10.6 Å². The highest BCUT2D eigenvalue weighted by atomic mass is 127. The second-order valence-corrected chi connectivity index (χ2v) is 7.39. The Morgan fingerprint density at radius 1 is 0.893 bits per heavy atom. The summed E-state index contributed by atoms with van der Waals surface area (Å²) in [7, 11) is 0. The third kappa shape index (κ3) is 4.75. The number of benzene rings is 3. The minimum Gasteiger partial charge on any atom is -0.345 e. The number of halogens is 2. The van der Waals surface area contributed by atoms with Gasteiger partial charge >= 0.3 is 0 Å². The molecular weight excluding hydrogens is 470 g/mol. The minimum absolute atomic E-state index is 0.185. The van der Waals surface area contributed by atoms with Crippen LogP contribution in [0.1, 0.15) is 39.2 Å². The third-order valence-electron chi connectivity index (χ3n) is 4.24. The highest BCUT2D eigenvalue weighted by Gasteiger charge is 2.17. The molecule has 0 spiro atoms. The van der Waals surface area contributed by atoms with Crippen molar-refractivity contribution in [3.63, 3.8) is 0 Å². The average Bonchev–Trinajstić information content (AvgIpc) is 2.68. The van der Waals surface area contributed by atoms with E-state index in [-0.39, 0.29) is 11.9 Å². The fourth-order valence-electron chi connectivity index (χ4n) is 2.75. The van der Waals surface area contributed by atoms with Crippen molar-refractivity contribution < 1.29 is 14.0 Å². The highest BCUT2D eigenvalue weighted by molar-refractivity contribution is 14.1. The Morgan fingerprint density at radius 2 is 1.57 bits per heavy atom. The topological polar surface area (TPSA) is 58.2 Å². The number of anilines is 1. The van der Waals surface area contributed by atoms with Crippen molar-refractivity contribution in [3.8, 4) is 0 Å². The van der Waals surface area contributed by atoms with Crippen molar-refractivity contribution >= 4 is 40.1 Å². The van der Waals surface area contributed by atoms with E-state index in [9.17, 15) is 14.0 Å². The van der Waals surface area contributed by atoms with Crippen molar-refractivity contribution in [3.05, 3.63) is 98.9 Å². The van der Waals surface area contributed by atoms with Crippen LogP contribution >= 0.6 is 22.6 Å². The molecule has 2 amide bonds. The van der Waals surface area contributed by atoms with Crippen LogP contribution in [0, 0.1) is 9.39 Å². The zero-order chi connectivity index (χ0) is 20.1. The molecule has 0 aromatic heterocycles. The Bertz CT molecular complexity index is 1010. The lowest BCUT2D eigenvalue weighted by atomic mass is 10.1. The van der Waals surface area contributed by atoms with Gasteiger partial charge in [-0.15, -0.1) is 0 Å². The van der Waals surface area contributed by atoms with Gasteiger partial charge in [0, 0.05) is 3.57 Å². The van der Waals surface area contributed by atoms with Crippen molar-refractivity contribution in [2.75, 3.05) is 5.32 Å². The van der Waals surface area contributed by atoms with E-state index in [0.29, 0.717) is 20.4 Å². The van der Waals surface area contributed by atoms with Crippen LogP contribution in [-0.2, 0) is 0 Å². The molecule has 0 aliphatic rings. The summed E-state index contributed by atoms with van der Waals surface area (Å²) in [5, 5.41) is 5.70. The molecule has 28 heavy (non-hydrogen) atoms. The van der Waals surface area contributed by atoms with Gasteiger partial charge in [-0.05, 0) is 65.4 Å². The summed E-state index contributed by atoms with van der Waals surface area (Å²) in [6.45, 7) is 1.90. The zero-order valence-corrected chi connectivity index (χ0v) is 17.2. The quantitative estimate of drug-likeness (QED) is 0.487. The molecule has 0 fully saturated rings. The van der Waals surface area contributed by atoms with Crippen molar-refractivity contribution in [1.82, 2.24) is 5.32 Å². The Labute approximate surface area is 176 Å². The first-order valence-corrected chi connectivity index (χ1v) is 9.75. The molecule has 3 aromatic carbocycles. The summed E-state index contributed by atoms with van der Waals surface area (Å²) in [5.41, 5.74) is 2.08. The minimum atomic E-state index is -0.407. The summed E-state index contributed by atoms with van der Waals surface area (Å²) in [6, 6.07) is 20.2. The van der Waals surface area contributed by atoms with Crippen LogP contribution in [0.3, 0.4) is 0 Å². The van der Waals surface area contributed by atoms with Crippen molar-refractivity contribution in [1.29, 1.82) is 0 Å². The number of rotatable bonds is 5. The first-order chi connectivity index (χ1) is 13.5. The second kappa shape index (κ2) is 8.97. The Kier molecular flexibility index (Phi) is 6.41. The van der Waals surface area contributed by atoms with E-state index in [0.717, 1.165) is 5.56 Å². The van der Waals surface area contributed by atoms with Gasteiger partial charge in [-0.2, -0.15) is 0 Å². The molecule has 0 saturated heterocycles. The highest BCUT2D eigenvalue weighted by Crippen LogP contribution is 2.20. The van der Waals surface area contributed by atoms with Gasteiger partial charge in [-0.3, -0.25) is 9.59 Å². The van der Waals surface area contributed by atoms with Crippen LogP contribution in [-0.4, -0.2) is 11.8 Å². The largest absolute Gasteiger partial charge is 0.345 e. The smallest absolute Gasteiger partial charge is 0.256 e. The summed E-state index contributed by atoms with van der Waals surface area (Å²) in [6.07, 6.45) is 0. The van der Waals surface area contributed by atoms with Crippen LogP contribution in [0.2, 0.25) is 0 Å². The van der Waals surface area contributed by atoms with Gasteiger partial charge in [0.05, 0.1) is 22.9 Å². The van der Waals surface area contributed by atoms with Crippen molar-refractivity contribution in [2.45, 2.75) is 13.0 Å². The molecule has 0 saturated carbocycles. The SMILES string of the molecule is CC(NC(=O)c1ccccc1NC(=O)c1ccc(F)cc1I)c1ccccc1. The molecule has 3 rings (SSSR count). The van der Waals surface area contributed by atoms with Crippen LogP contribution in [0.25, 0.3) is 0 Å². The van der Waals surface area contributed by atoms with E-state index < -0.39 is 11.7 Å². The van der Waals surface area contributed by atoms with Crippen LogP contribution in [0.4, 0.5) is 10.1 Å². The number of hydrogen-bond donors (Lipinski definition) is 2. The van der Waals surface area contributed by atoms with E-state index in [2.05, 4.69) is 10.6 Å². The predicted molar refractivity (Wildman–Crippen MR) is 116 cm³/mol. The van der Waals surface area contributed by atoms with Gasteiger partial charge in [0.15, 0.2) is 0 Å². The van der Waals surface area contributed by atoms with Crippen LogP contribution in [0.5, 0.6) is 0 Å². The summed E-state index contributed by atoms with van der Waals surface area (Å²) < 4.78 is 13.8. The molecule has 3 aromatic rings. The average molecular weight is 488 g/mol. The number of carbonyl (C=O) groups is 2. The van der Waals surface area contributed by atoms with Gasteiger partial charge in [-0.25, -0.2) is 4.39 Å². The monoisotopic (exact) mass is 488 g/mol. The van der Waals surface area contributed by atoms with E-state index in [1.54, 1.807) is 24.3 Å². The molecule has 0 bridgehead atoms. The van der Waals surface area contributed by atoms with E-state index in [4.69, 9.17) is 0 Å². The summed E-state index contributed by atoms with van der Waals surface area (Å²) in [5.74, 6) is -1.10. The molecule has 0 radical (unpaired) electrons. The van der Waals surface area contributed by atoms with Gasteiger partial charge < -0.3 is 10.6 Å². The molecule has 1 unspecified atom stereocenters. The predicted octanol–water partition coefficient (Wildman–Crippen LogP) is 5.17. The van der Waals surface area contributed by atoms with Crippen molar-refractivity contribution in [2.24, 2.45) is 0 Å². The molecule has 1 atom stereocenters. The normalized spacial score (nSPS) is 11.5. The Hall–Kier alpha value is -2.74. The molecule has 0 aliphatic carbocycles. The van der Waals surface area contributed by atoms with E-state index in [1.165, 1.54) is 18.2 Å². The number of para-hydroxylation sites is 1. The maximum atomic E-state index is 13.3. The summed E-state index contributed by atoms with van der Waals surface area (Å²) in [4.78, 5) is 25.4. The fraction of sp³-hybridized carbons (Fsp3) is 0.0909. The number of hydrogen-bond acceptors (Lipinski definition) is 2. The zero-order valence-electron chi connectivity index (χ0n) is 15.1. The van der Waals surface area contributed by atoms with E-state index in [1.807, 2.05) is 59.8 Å². The second-order valence-electron chi connectivity index (χ2n) is 6.23. The first kappa shape index (κ1) is 20.0. The standard InChI is InChI=1S/C22H18FIN2O2/c1-14(15-7-3-2-4-8-15)25-22(28)18-9-5-6-10-20(18)26-21(27)17-12-11-16(23)13-19(17)24/h2-14H,1H3,(H,25,28)(H,26,27). The molecule has 2 N–H and O–H groups in total. The van der Waals surface area contributed by atoms with Gasteiger partial charge in [0.1, 0.15) is 5.82 Å². The number of carbonyl (C=O) groups excluding carboxylic acids is 2. The number of amides is 2. The lowest BCUT2D eigenvalue weighted by Crippen LogP contribution is -2.28. The third-order valence-corrected chi connectivity index (χ3v) is 5.14. The Balaban J connectivity index is 1.79. The molecule has 0 heterocycles. The van der Waals surface area contributed by atoms with Crippen LogP contribution in [0.15, 0.2) is 72.8 Å². The van der Waals surface area contributed by atoms with Gasteiger partial charge in [0.2, 0.25) is 0 Å². The lowest BCUT2D eigenvalue weighted by Gasteiger charge is -2.16. The first-order valence-electron chi connectivity index (χ1n) is 8.67. The molecular formula is C22H18FIN2O2. The fourth-order valence-corrected chi connectivity index (χ4v) is 3.48. The molecule has 0 aliphatic heterocycles. The molecule has 4 nitrogen and oxygen atoms in total. The Morgan fingerprint density at radius 3 is 2.29 bits per heavy atom. The molecule has 6 heteroatoms. The van der Waals surface area contributed by atoms with Gasteiger partial charge in [-0.1, -0.05) is 42.5 Å².